The summed E-state index contributed by atoms with van der Waals surface area (Å²) in [6.07, 6.45) is -13.7. The lowest BCUT2D eigenvalue weighted by Crippen LogP contribution is -2.65. The second-order valence-electron chi connectivity index (χ2n) is 15.1. The monoisotopic (exact) mass is 845 g/mol. The highest BCUT2D eigenvalue weighted by Gasteiger charge is 2.51. The van der Waals surface area contributed by atoms with E-state index >= 15 is 0 Å². The summed E-state index contributed by atoms with van der Waals surface area (Å²) in [7, 11) is 0. The van der Waals surface area contributed by atoms with Crippen molar-refractivity contribution in [3.05, 3.63) is 131 Å². The Kier molecular flexibility index (Phi) is 16.3. The van der Waals surface area contributed by atoms with Crippen molar-refractivity contribution in [2.45, 2.75) is 106 Å². The third kappa shape index (κ3) is 12.0. The quantitative estimate of drug-likeness (QED) is 0.0649. The molecule has 13 unspecified atom stereocenters. The highest BCUT2D eigenvalue weighted by molar-refractivity contribution is 5.85. The Hall–Kier alpha value is -4.82. The second-order valence-corrected chi connectivity index (χ2v) is 15.1. The summed E-state index contributed by atoms with van der Waals surface area (Å²) in [5, 5.41) is 67.1. The Morgan fingerprint density at radius 2 is 1.31 bits per heavy atom. The maximum atomic E-state index is 12.9. The molecule has 0 spiro atoms. The molecule has 1 amide bonds. The highest BCUT2D eigenvalue weighted by Crippen LogP contribution is 2.31. The zero-order chi connectivity index (χ0) is 43.5. The molecule has 0 aromatic heterocycles. The Morgan fingerprint density at radius 1 is 0.721 bits per heavy atom. The molecule has 2 aliphatic rings. The lowest BCUT2D eigenvalue weighted by Gasteiger charge is -2.46. The van der Waals surface area contributed by atoms with Crippen molar-refractivity contribution in [2.24, 2.45) is 5.73 Å². The number of nitrogens with one attached hydrogen (secondary N) is 1. The summed E-state index contributed by atoms with van der Waals surface area (Å²) in [5.74, 6) is 0.0681. The lowest BCUT2D eigenvalue weighted by atomic mass is 9.93. The summed E-state index contributed by atoms with van der Waals surface area (Å²) in [6, 6.07) is 30.7. The van der Waals surface area contributed by atoms with Gasteiger partial charge in [-0.25, -0.2) is 0 Å². The molecular formula is C45H53N2O14. The number of ether oxygens (including phenoxy) is 6. The van der Waals surface area contributed by atoms with Crippen molar-refractivity contribution in [3.8, 4) is 11.5 Å². The molecular weight excluding hydrogens is 792 g/mol. The van der Waals surface area contributed by atoms with Gasteiger partial charge in [0.25, 0.3) is 0 Å². The fourth-order valence-corrected chi connectivity index (χ4v) is 7.01. The third-order valence-corrected chi connectivity index (χ3v) is 10.7. The van der Waals surface area contributed by atoms with Crippen LogP contribution in [0.5, 0.6) is 11.5 Å². The van der Waals surface area contributed by atoms with Crippen LogP contribution in [0.2, 0.25) is 0 Å². The van der Waals surface area contributed by atoms with Crippen LogP contribution in [-0.4, -0.2) is 130 Å². The first-order chi connectivity index (χ1) is 29.4. The smallest absolute Gasteiger partial charge is 0.238 e. The van der Waals surface area contributed by atoms with Gasteiger partial charge in [0.15, 0.2) is 6.29 Å². The van der Waals surface area contributed by atoms with E-state index in [1.54, 1.807) is 24.3 Å². The molecule has 9 N–H and O–H groups in total. The Morgan fingerprint density at radius 3 is 1.97 bits per heavy atom. The fourth-order valence-electron chi connectivity index (χ4n) is 7.01. The average molecular weight is 846 g/mol. The van der Waals surface area contributed by atoms with E-state index in [9.17, 15) is 40.2 Å². The number of nitrogens with two attached hydrogens (primary N) is 1. The highest BCUT2D eigenvalue weighted by atomic mass is 16.7. The molecule has 1 radical (unpaired) electrons. The third-order valence-electron chi connectivity index (χ3n) is 10.7. The molecule has 0 bridgehead atoms. The molecule has 4 aromatic rings. The van der Waals surface area contributed by atoms with Gasteiger partial charge in [-0.15, -0.1) is 0 Å². The van der Waals surface area contributed by atoms with Gasteiger partial charge in [0.2, 0.25) is 18.5 Å². The van der Waals surface area contributed by atoms with Crippen LogP contribution in [0.25, 0.3) is 0 Å². The van der Waals surface area contributed by atoms with Crippen LogP contribution < -0.4 is 20.5 Å². The summed E-state index contributed by atoms with van der Waals surface area (Å²) in [6.45, 7) is 1.43. The van der Waals surface area contributed by atoms with Crippen LogP contribution in [0.4, 0.5) is 0 Å². The van der Waals surface area contributed by atoms with E-state index in [0.29, 0.717) is 17.9 Å². The van der Waals surface area contributed by atoms with Gasteiger partial charge in [-0.05, 0) is 46.5 Å². The molecule has 2 aliphatic heterocycles. The number of amides is 1. The van der Waals surface area contributed by atoms with Gasteiger partial charge in [-0.3, -0.25) is 9.59 Å². The predicted octanol–water partition coefficient (Wildman–Crippen LogP) is 0.761. The molecule has 0 saturated carbocycles. The van der Waals surface area contributed by atoms with Gasteiger partial charge in [-0.2, -0.15) is 0 Å². The zero-order valence-electron chi connectivity index (χ0n) is 33.5. The van der Waals surface area contributed by atoms with E-state index in [4.69, 9.17) is 34.2 Å². The van der Waals surface area contributed by atoms with Gasteiger partial charge < -0.3 is 70.1 Å². The first-order valence-corrected chi connectivity index (χ1v) is 20.0. The van der Waals surface area contributed by atoms with Crippen molar-refractivity contribution >= 4 is 12.2 Å². The van der Waals surface area contributed by atoms with Crippen LogP contribution in [0.1, 0.15) is 35.1 Å². The number of hydrogen-bond acceptors (Lipinski definition) is 15. The maximum Gasteiger partial charge on any atom is 0.238 e. The number of aliphatic hydroxyl groups is 6. The Bertz CT molecular complexity index is 1940. The normalized spacial score (nSPS) is 27.9. The number of hydrogen-bond donors (Lipinski definition) is 8. The van der Waals surface area contributed by atoms with Crippen molar-refractivity contribution in [1.82, 2.24) is 5.32 Å². The van der Waals surface area contributed by atoms with Gasteiger partial charge in [0, 0.05) is 12.3 Å². The number of carbonyl (C=O) groups excluding carboxylic acids is 2. The van der Waals surface area contributed by atoms with E-state index < -0.39 is 86.0 Å². The predicted molar refractivity (Wildman–Crippen MR) is 217 cm³/mol. The molecule has 6 rings (SSSR count). The molecule has 327 valence electrons. The zero-order valence-corrected chi connectivity index (χ0v) is 33.5. The summed E-state index contributed by atoms with van der Waals surface area (Å²) in [5.41, 5.74) is 9.54. The van der Waals surface area contributed by atoms with E-state index in [2.05, 4.69) is 5.32 Å². The largest absolute Gasteiger partial charge is 0.489 e. The Balaban J connectivity index is 0.983. The van der Waals surface area contributed by atoms with E-state index in [1.807, 2.05) is 86.0 Å². The molecule has 2 heterocycles. The van der Waals surface area contributed by atoms with Gasteiger partial charge in [-0.1, -0.05) is 91.9 Å². The average Bonchev–Trinajstić information content (AvgIpc) is 3.29. The second kappa shape index (κ2) is 21.8. The minimum Gasteiger partial charge on any atom is -0.489 e. The van der Waals surface area contributed by atoms with Gasteiger partial charge >= 0.3 is 0 Å². The summed E-state index contributed by atoms with van der Waals surface area (Å²) in [4.78, 5) is 24.6. The number of aliphatic hydroxyl groups excluding tert-OH is 6. The number of benzene rings is 4. The molecule has 2 fully saturated rings. The van der Waals surface area contributed by atoms with Crippen molar-refractivity contribution in [2.75, 3.05) is 13.2 Å². The lowest BCUT2D eigenvalue weighted by molar-refractivity contribution is -0.353. The van der Waals surface area contributed by atoms with Crippen molar-refractivity contribution in [3.63, 3.8) is 0 Å². The first kappa shape index (κ1) is 45.7. The molecule has 16 nitrogen and oxygen atoms in total. The molecule has 4 aromatic carbocycles. The molecule has 2 saturated heterocycles. The SMILES string of the molecule is CC(c1ccccc1)C(N)C(=O)NC([C]=O)Cc1ccc(OC2OC(CO)C(OC3OC(COCc4ccc(OCc5ccccc5)cc4)C(O)C(O)C3O)C(O)C2O)cc1. The maximum absolute atomic E-state index is 12.9. The van der Waals surface area contributed by atoms with Crippen LogP contribution in [0.3, 0.4) is 0 Å². The minimum absolute atomic E-state index is 0.0994. The molecule has 13 atom stereocenters. The minimum atomic E-state index is -1.79. The Labute approximate surface area is 353 Å². The van der Waals surface area contributed by atoms with Crippen LogP contribution in [0.15, 0.2) is 109 Å². The van der Waals surface area contributed by atoms with Gasteiger partial charge in [0.1, 0.15) is 66.9 Å². The first-order valence-electron chi connectivity index (χ1n) is 20.0. The summed E-state index contributed by atoms with van der Waals surface area (Å²) < 4.78 is 34.8. The van der Waals surface area contributed by atoms with Gasteiger partial charge in [0.05, 0.1) is 31.9 Å². The number of carbonyl (C=O) groups is 1. The summed E-state index contributed by atoms with van der Waals surface area (Å²) >= 11 is 0. The molecule has 16 heteroatoms. The number of rotatable bonds is 19. The standard InChI is InChI=1S/C45H53N2O14/c1-26(30-10-6-3-7-11-30)36(46)43(55)47-31(21-48)20-27-12-18-33(19-13-27)58-44-41(54)39(52)42(34(22-49)59-44)61-45-40(53)38(51)37(50)35(60-45)25-56-23-29-14-16-32(17-15-29)57-24-28-8-4-2-5-9-28/h2-19,26,31,34-42,44-45,49-54H,20,22-25,46H2,1H3,(H,47,55). The van der Waals surface area contributed by atoms with E-state index in [0.717, 1.165) is 16.7 Å². The van der Waals surface area contributed by atoms with E-state index in [1.165, 1.54) is 12.1 Å². The fraction of sp³-hybridized carbons (Fsp3) is 0.422. The molecule has 0 aliphatic carbocycles. The van der Waals surface area contributed by atoms with Crippen molar-refractivity contribution in [1.29, 1.82) is 0 Å². The van der Waals surface area contributed by atoms with Crippen LogP contribution >= 0.6 is 0 Å². The van der Waals surface area contributed by atoms with Crippen LogP contribution in [0, 0.1) is 0 Å². The topological polar surface area (TPSA) is 249 Å². The van der Waals surface area contributed by atoms with Crippen molar-refractivity contribution < 1.29 is 68.6 Å². The van der Waals surface area contributed by atoms with Crippen LogP contribution in [-0.2, 0) is 48.2 Å². The molecule has 61 heavy (non-hydrogen) atoms. The van der Waals surface area contributed by atoms with E-state index in [-0.39, 0.29) is 31.3 Å².